The first-order valence-corrected chi connectivity index (χ1v) is 5.07. The van der Waals surface area contributed by atoms with Gasteiger partial charge in [-0.05, 0) is 26.0 Å². The third-order valence-corrected chi connectivity index (χ3v) is 1.94. The van der Waals surface area contributed by atoms with Crippen molar-refractivity contribution in [1.29, 1.82) is 0 Å². The highest BCUT2D eigenvalue weighted by Gasteiger charge is 2.11. The minimum Gasteiger partial charge on any atom is -0.492 e. The molecular formula is C12H20N2O. The zero-order chi connectivity index (χ0) is 11.5. The third kappa shape index (κ3) is 4.21. The summed E-state index contributed by atoms with van der Waals surface area (Å²) < 4.78 is 5.61. The maximum Gasteiger partial charge on any atom is 0.121 e. The lowest BCUT2D eigenvalue weighted by Crippen LogP contribution is -2.38. The molecule has 84 valence electrons. The summed E-state index contributed by atoms with van der Waals surface area (Å²) in [5.74, 6) is 0.861. The van der Waals surface area contributed by atoms with Gasteiger partial charge in [-0.2, -0.15) is 0 Å². The van der Waals surface area contributed by atoms with E-state index in [-0.39, 0.29) is 5.54 Å². The van der Waals surface area contributed by atoms with E-state index in [4.69, 9.17) is 10.5 Å². The summed E-state index contributed by atoms with van der Waals surface area (Å²) in [4.78, 5) is 2.04. The lowest BCUT2D eigenvalue weighted by Gasteiger charge is -2.20. The smallest absolute Gasteiger partial charge is 0.121 e. The molecule has 2 N–H and O–H groups in total. The molecule has 0 atom stereocenters. The molecule has 3 heteroatoms. The Morgan fingerprint density at radius 1 is 1.33 bits per heavy atom. The van der Waals surface area contributed by atoms with Crippen LogP contribution >= 0.6 is 0 Å². The van der Waals surface area contributed by atoms with E-state index in [2.05, 4.69) is 0 Å². The van der Waals surface area contributed by atoms with Gasteiger partial charge in [-0.15, -0.1) is 0 Å². The summed E-state index contributed by atoms with van der Waals surface area (Å²) in [6.07, 6.45) is 0. The molecule has 0 bridgehead atoms. The second kappa shape index (κ2) is 4.53. The van der Waals surface area contributed by atoms with E-state index in [1.54, 1.807) is 0 Å². The van der Waals surface area contributed by atoms with Gasteiger partial charge in [0.15, 0.2) is 0 Å². The van der Waals surface area contributed by atoms with Gasteiger partial charge < -0.3 is 15.4 Å². The van der Waals surface area contributed by atoms with Crippen molar-refractivity contribution in [2.45, 2.75) is 19.4 Å². The molecule has 1 rings (SSSR count). The van der Waals surface area contributed by atoms with Gasteiger partial charge in [-0.3, -0.25) is 0 Å². The van der Waals surface area contributed by atoms with Crippen LogP contribution in [0.1, 0.15) is 13.8 Å². The van der Waals surface area contributed by atoms with Crippen molar-refractivity contribution >= 4 is 5.69 Å². The number of hydrogen-bond donors (Lipinski definition) is 1. The maximum atomic E-state index is 5.85. The van der Waals surface area contributed by atoms with Crippen molar-refractivity contribution in [2.75, 3.05) is 25.6 Å². The highest BCUT2D eigenvalue weighted by atomic mass is 16.5. The largest absolute Gasteiger partial charge is 0.492 e. The number of nitrogens with zero attached hydrogens (tertiary/aromatic N) is 1. The van der Waals surface area contributed by atoms with Gasteiger partial charge >= 0.3 is 0 Å². The van der Waals surface area contributed by atoms with Gasteiger partial charge in [0, 0.05) is 31.4 Å². The normalized spacial score (nSPS) is 11.3. The Balaban J connectivity index is 2.66. The van der Waals surface area contributed by atoms with Crippen LogP contribution < -0.4 is 15.4 Å². The van der Waals surface area contributed by atoms with E-state index in [0.29, 0.717) is 6.61 Å². The fourth-order valence-electron chi connectivity index (χ4n) is 1.12. The molecule has 0 aliphatic carbocycles. The van der Waals surface area contributed by atoms with Crippen molar-refractivity contribution in [3.8, 4) is 5.75 Å². The van der Waals surface area contributed by atoms with E-state index in [9.17, 15) is 0 Å². The van der Waals surface area contributed by atoms with E-state index in [1.807, 2.05) is 57.1 Å². The molecule has 0 aliphatic heterocycles. The van der Waals surface area contributed by atoms with Gasteiger partial charge in [0.1, 0.15) is 12.4 Å². The van der Waals surface area contributed by atoms with Crippen LogP contribution in [0.15, 0.2) is 24.3 Å². The van der Waals surface area contributed by atoms with Gasteiger partial charge in [0.05, 0.1) is 0 Å². The predicted octanol–water partition coefficient (Wildman–Crippen LogP) is 1.87. The van der Waals surface area contributed by atoms with Crippen molar-refractivity contribution in [3.63, 3.8) is 0 Å². The van der Waals surface area contributed by atoms with Crippen LogP contribution in [0.2, 0.25) is 0 Å². The molecule has 1 aromatic carbocycles. The Hall–Kier alpha value is -1.22. The summed E-state index contributed by atoms with van der Waals surface area (Å²) in [5, 5.41) is 0. The van der Waals surface area contributed by atoms with Gasteiger partial charge in [-0.25, -0.2) is 0 Å². The highest BCUT2D eigenvalue weighted by molar-refractivity contribution is 5.49. The summed E-state index contributed by atoms with van der Waals surface area (Å²) >= 11 is 0. The van der Waals surface area contributed by atoms with E-state index >= 15 is 0 Å². The summed E-state index contributed by atoms with van der Waals surface area (Å²) in [6.45, 7) is 4.41. The van der Waals surface area contributed by atoms with Crippen molar-refractivity contribution in [3.05, 3.63) is 24.3 Å². The molecule has 0 fully saturated rings. The first-order valence-electron chi connectivity index (χ1n) is 5.07. The van der Waals surface area contributed by atoms with Crippen LogP contribution in [0.5, 0.6) is 5.75 Å². The molecule has 1 aromatic rings. The van der Waals surface area contributed by atoms with Gasteiger partial charge in [0.25, 0.3) is 0 Å². The van der Waals surface area contributed by atoms with Crippen LogP contribution in [-0.4, -0.2) is 26.2 Å². The molecule has 0 amide bonds. The lowest BCUT2D eigenvalue weighted by atomic mass is 10.1. The topological polar surface area (TPSA) is 38.5 Å². The Bertz CT molecular complexity index is 316. The van der Waals surface area contributed by atoms with Gasteiger partial charge in [0.2, 0.25) is 0 Å². The number of anilines is 1. The molecule has 3 nitrogen and oxygen atoms in total. The van der Waals surface area contributed by atoms with E-state index < -0.39 is 0 Å². The summed E-state index contributed by atoms with van der Waals surface area (Å²) in [6, 6.07) is 7.97. The average Bonchev–Trinajstić information content (AvgIpc) is 2.14. The second-order valence-corrected chi connectivity index (χ2v) is 4.67. The predicted molar refractivity (Wildman–Crippen MR) is 64.5 cm³/mol. The zero-order valence-electron chi connectivity index (χ0n) is 9.95. The van der Waals surface area contributed by atoms with Crippen LogP contribution in [0.4, 0.5) is 5.69 Å². The fourth-order valence-corrected chi connectivity index (χ4v) is 1.12. The monoisotopic (exact) mass is 208 g/mol. The molecule has 0 saturated heterocycles. The first-order chi connectivity index (χ1) is 6.88. The fraction of sp³-hybridized carbons (Fsp3) is 0.500. The number of hydrogen-bond acceptors (Lipinski definition) is 3. The second-order valence-electron chi connectivity index (χ2n) is 4.67. The molecule has 0 unspecified atom stereocenters. The SMILES string of the molecule is CN(C)c1cccc(OCC(C)(C)N)c1. The minimum atomic E-state index is -0.297. The molecule has 0 radical (unpaired) electrons. The zero-order valence-corrected chi connectivity index (χ0v) is 9.95. The molecular weight excluding hydrogens is 188 g/mol. The molecule has 0 aromatic heterocycles. The van der Waals surface area contributed by atoms with Crippen LogP contribution in [-0.2, 0) is 0 Å². The van der Waals surface area contributed by atoms with Crippen LogP contribution in [0, 0.1) is 0 Å². The Morgan fingerprint density at radius 3 is 2.53 bits per heavy atom. The molecule has 0 saturated carbocycles. The minimum absolute atomic E-state index is 0.297. The lowest BCUT2D eigenvalue weighted by molar-refractivity contribution is 0.243. The number of benzene rings is 1. The number of nitrogens with two attached hydrogens (primary N) is 1. The van der Waals surface area contributed by atoms with E-state index in [1.165, 1.54) is 0 Å². The van der Waals surface area contributed by atoms with Crippen molar-refractivity contribution in [2.24, 2.45) is 5.73 Å². The third-order valence-electron chi connectivity index (χ3n) is 1.94. The van der Waals surface area contributed by atoms with Crippen molar-refractivity contribution < 1.29 is 4.74 Å². The number of rotatable bonds is 4. The molecule has 0 aliphatic rings. The standard InChI is InChI=1S/C12H20N2O/c1-12(2,13)9-15-11-7-5-6-10(8-11)14(3)4/h5-8H,9,13H2,1-4H3. The Labute approximate surface area is 91.8 Å². The molecule has 0 heterocycles. The van der Waals surface area contributed by atoms with E-state index in [0.717, 1.165) is 11.4 Å². The van der Waals surface area contributed by atoms with Crippen molar-refractivity contribution in [1.82, 2.24) is 0 Å². The Kier molecular flexibility index (Phi) is 3.58. The molecule has 0 spiro atoms. The first kappa shape index (κ1) is 11.9. The van der Waals surface area contributed by atoms with Crippen LogP contribution in [0.3, 0.4) is 0 Å². The molecule has 15 heavy (non-hydrogen) atoms. The summed E-state index contributed by atoms with van der Waals surface area (Å²) in [5.41, 5.74) is 6.68. The average molecular weight is 208 g/mol. The summed E-state index contributed by atoms with van der Waals surface area (Å²) in [7, 11) is 4.01. The van der Waals surface area contributed by atoms with Gasteiger partial charge in [-0.1, -0.05) is 6.07 Å². The number of ether oxygens (including phenoxy) is 1. The Morgan fingerprint density at radius 2 is 2.00 bits per heavy atom. The maximum absolute atomic E-state index is 5.85. The van der Waals surface area contributed by atoms with Crippen LogP contribution in [0.25, 0.3) is 0 Å². The quantitative estimate of drug-likeness (QED) is 0.821. The highest BCUT2D eigenvalue weighted by Crippen LogP contribution is 2.19.